The fraction of sp³-hybridized carbons (Fsp3) is 0.133. The summed E-state index contributed by atoms with van der Waals surface area (Å²) in [6.45, 7) is 1.96. The van der Waals surface area contributed by atoms with Crippen LogP contribution in [0.4, 0.5) is 0 Å². The van der Waals surface area contributed by atoms with Crippen molar-refractivity contribution in [3.8, 4) is 0 Å². The molecular formula is C15H14N4O. The van der Waals surface area contributed by atoms with Crippen LogP contribution in [0.3, 0.4) is 0 Å². The van der Waals surface area contributed by atoms with Gasteiger partial charge in [-0.1, -0.05) is 30.3 Å². The van der Waals surface area contributed by atoms with Crippen LogP contribution in [-0.4, -0.2) is 20.9 Å². The van der Waals surface area contributed by atoms with Gasteiger partial charge in [0.2, 0.25) is 0 Å². The molecule has 2 N–H and O–H groups in total. The summed E-state index contributed by atoms with van der Waals surface area (Å²) in [6, 6.07) is 9.79. The van der Waals surface area contributed by atoms with E-state index in [1.807, 2.05) is 37.3 Å². The Balaban J connectivity index is 1.83. The number of nitrogens with one attached hydrogen (secondary N) is 2. The molecule has 0 aliphatic rings. The van der Waals surface area contributed by atoms with Crippen LogP contribution in [0.5, 0.6) is 0 Å². The van der Waals surface area contributed by atoms with Crippen LogP contribution < -0.4 is 5.32 Å². The molecule has 0 fully saturated rings. The van der Waals surface area contributed by atoms with Gasteiger partial charge in [0.25, 0.3) is 5.91 Å². The number of aromatic amines is 1. The van der Waals surface area contributed by atoms with Crippen molar-refractivity contribution in [3.05, 3.63) is 60.2 Å². The van der Waals surface area contributed by atoms with Crippen molar-refractivity contribution in [2.45, 2.75) is 13.0 Å². The predicted molar refractivity (Wildman–Crippen MR) is 76.2 cm³/mol. The zero-order valence-electron chi connectivity index (χ0n) is 11.0. The lowest BCUT2D eigenvalue weighted by atomic mass is 10.1. The van der Waals surface area contributed by atoms with E-state index >= 15 is 0 Å². The minimum atomic E-state index is -0.137. The zero-order valence-corrected chi connectivity index (χ0v) is 11.0. The van der Waals surface area contributed by atoms with Crippen LogP contribution in [0, 0.1) is 0 Å². The molecule has 1 aromatic carbocycles. The third-order valence-electron chi connectivity index (χ3n) is 3.25. The molecule has 0 radical (unpaired) electrons. The molecule has 1 atom stereocenters. The number of H-pyrrole nitrogens is 1. The van der Waals surface area contributed by atoms with Gasteiger partial charge in [-0.15, -0.1) is 0 Å². The lowest BCUT2D eigenvalue weighted by molar-refractivity contribution is 0.0941. The molecule has 3 aromatic rings. The van der Waals surface area contributed by atoms with Gasteiger partial charge in [0, 0.05) is 17.8 Å². The van der Waals surface area contributed by atoms with E-state index in [0.717, 1.165) is 10.9 Å². The number of fused-ring (bicyclic) bond motifs is 1. The van der Waals surface area contributed by atoms with Gasteiger partial charge in [-0.25, -0.2) is 9.97 Å². The first-order chi connectivity index (χ1) is 9.75. The highest BCUT2D eigenvalue weighted by atomic mass is 16.1. The highest BCUT2D eigenvalue weighted by Crippen LogP contribution is 2.17. The molecule has 0 aliphatic heterocycles. The van der Waals surface area contributed by atoms with Crippen molar-refractivity contribution in [1.82, 2.24) is 20.3 Å². The number of benzene rings is 1. The Morgan fingerprint density at radius 1 is 1.30 bits per heavy atom. The second kappa shape index (κ2) is 5.13. The predicted octanol–water partition coefficient (Wildman–Crippen LogP) is 2.45. The normalized spacial score (nSPS) is 12.2. The van der Waals surface area contributed by atoms with Gasteiger partial charge in [-0.2, -0.15) is 0 Å². The van der Waals surface area contributed by atoms with Gasteiger partial charge >= 0.3 is 0 Å². The summed E-state index contributed by atoms with van der Waals surface area (Å²) in [7, 11) is 0. The van der Waals surface area contributed by atoms with Crippen LogP contribution in [0.1, 0.15) is 28.9 Å². The van der Waals surface area contributed by atoms with Gasteiger partial charge in [0.15, 0.2) is 0 Å². The Hall–Kier alpha value is -2.69. The molecule has 0 unspecified atom stereocenters. The van der Waals surface area contributed by atoms with Gasteiger partial charge in [0.05, 0.1) is 11.6 Å². The van der Waals surface area contributed by atoms with Crippen molar-refractivity contribution in [2.24, 2.45) is 0 Å². The van der Waals surface area contributed by atoms with E-state index < -0.39 is 0 Å². The van der Waals surface area contributed by atoms with Gasteiger partial charge in [-0.05, 0) is 12.5 Å². The molecule has 1 amide bonds. The average Bonchev–Trinajstić information content (AvgIpc) is 2.92. The van der Waals surface area contributed by atoms with E-state index in [0.29, 0.717) is 11.2 Å². The highest BCUT2D eigenvalue weighted by Gasteiger charge is 2.15. The minimum absolute atomic E-state index is 0.0571. The molecule has 2 aromatic heterocycles. The summed E-state index contributed by atoms with van der Waals surface area (Å²) in [5, 5.41) is 3.70. The number of nitrogens with zero attached hydrogens (tertiary/aromatic N) is 2. The van der Waals surface area contributed by atoms with Crippen molar-refractivity contribution in [1.29, 1.82) is 0 Å². The number of carbonyl (C=O) groups excluding carboxylic acids is 1. The molecule has 0 spiro atoms. The summed E-state index contributed by atoms with van der Waals surface area (Å²) in [4.78, 5) is 23.3. The maximum absolute atomic E-state index is 12.3. The molecular weight excluding hydrogens is 252 g/mol. The minimum Gasteiger partial charge on any atom is -0.345 e. The number of carbonyl (C=O) groups is 1. The molecule has 0 aliphatic carbocycles. The molecule has 2 heterocycles. The Morgan fingerprint density at radius 2 is 2.10 bits per heavy atom. The number of amides is 1. The molecule has 0 bridgehead atoms. The van der Waals surface area contributed by atoms with E-state index in [9.17, 15) is 4.79 Å². The van der Waals surface area contributed by atoms with Crippen LogP contribution >= 0.6 is 0 Å². The fourth-order valence-electron chi connectivity index (χ4n) is 2.15. The first kappa shape index (κ1) is 12.3. The maximum atomic E-state index is 12.3. The van der Waals surface area contributed by atoms with Gasteiger partial charge < -0.3 is 10.3 Å². The number of rotatable bonds is 3. The van der Waals surface area contributed by atoms with E-state index in [4.69, 9.17) is 0 Å². The van der Waals surface area contributed by atoms with Crippen LogP contribution in [0.25, 0.3) is 11.0 Å². The Labute approximate surface area is 116 Å². The summed E-state index contributed by atoms with van der Waals surface area (Å²) >= 11 is 0. The Kier molecular flexibility index (Phi) is 3.16. The lowest BCUT2D eigenvalue weighted by Gasteiger charge is -2.13. The summed E-state index contributed by atoms with van der Waals surface area (Å²) in [6.07, 6.45) is 4.75. The van der Waals surface area contributed by atoms with E-state index in [2.05, 4.69) is 20.3 Å². The monoisotopic (exact) mass is 266 g/mol. The quantitative estimate of drug-likeness (QED) is 0.765. The van der Waals surface area contributed by atoms with Crippen molar-refractivity contribution in [3.63, 3.8) is 0 Å². The lowest BCUT2D eigenvalue weighted by Crippen LogP contribution is -2.26. The number of hydrogen-bond donors (Lipinski definition) is 2. The Morgan fingerprint density at radius 3 is 2.90 bits per heavy atom. The summed E-state index contributed by atoms with van der Waals surface area (Å²) < 4.78 is 0. The number of hydrogen-bond acceptors (Lipinski definition) is 3. The molecule has 20 heavy (non-hydrogen) atoms. The van der Waals surface area contributed by atoms with E-state index in [1.54, 1.807) is 12.4 Å². The molecule has 5 nitrogen and oxygen atoms in total. The van der Waals surface area contributed by atoms with E-state index in [1.165, 1.54) is 6.33 Å². The van der Waals surface area contributed by atoms with Crippen LogP contribution in [0.15, 0.2) is 49.1 Å². The standard InChI is InChI=1S/C15H14N4O/c1-10(11-5-3-2-4-6-11)19-15(20)13-8-17-14-12(13)7-16-9-18-14/h2-10H,1H3,(H,19,20)(H,16,17,18)/t10-/m1/s1. The van der Waals surface area contributed by atoms with Crippen molar-refractivity contribution in [2.75, 3.05) is 0 Å². The van der Waals surface area contributed by atoms with Crippen molar-refractivity contribution < 1.29 is 4.79 Å². The second-order valence-electron chi connectivity index (χ2n) is 4.59. The first-order valence-corrected chi connectivity index (χ1v) is 6.38. The van der Waals surface area contributed by atoms with Gasteiger partial charge in [0.1, 0.15) is 12.0 Å². The molecule has 0 saturated carbocycles. The third kappa shape index (κ3) is 2.25. The zero-order chi connectivity index (χ0) is 13.9. The van der Waals surface area contributed by atoms with Crippen LogP contribution in [0.2, 0.25) is 0 Å². The molecule has 3 rings (SSSR count). The third-order valence-corrected chi connectivity index (χ3v) is 3.25. The molecule has 5 heteroatoms. The second-order valence-corrected chi connectivity index (χ2v) is 4.59. The maximum Gasteiger partial charge on any atom is 0.254 e. The fourth-order valence-corrected chi connectivity index (χ4v) is 2.15. The molecule has 0 saturated heterocycles. The van der Waals surface area contributed by atoms with Gasteiger partial charge in [-0.3, -0.25) is 4.79 Å². The van der Waals surface area contributed by atoms with Crippen LogP contribution in [-0.2, 0) is 0 Å². The summed E-state index contributed by atoms with van der Waals surface area (Å²) in [5.41, 5.74) is 2.29. The van der Waals surface area contributed by atoms with Crippen molar-refractivity contribution >= 4 is 16.9 Å². The largest absolute Gasteiger partial charge is 0.345 e. The first-order valence-electron chi connectivity index (χ1n) is 6.38. The SMILES string of the molecule is C[C@@H](NC(=O)c1c[nH]c2ncncc12)c1ccccc1. The summed E-state index contributed by atoms with van der Waals surface area (Å²) in [5.74, 6) is -0.137. The topological polar surface area (TPSA) is 70.7 Å². The average molecular weight is 266 g/mol. The smallest absolute Gasteiger partial charge is 0.254 e. The van der Waals surface area contributed by atoms with E-state index in [-0.39, 0.29) is 11.9 Å². The Bertz CT molecular complexity index is 736. The molecule has 100 valence electrons. The highest BCUT2D eigenvalue weighted by molar-refractivity contribution is 6.05. The number of aromatic nitrogens is 3.